The molecule has 0 bridgehead atoms. The Labute approximate surface area is 131 Å². The quantitative estimate of drug-likeness (QED) is 0.620. The molecule has 0 radical (unpaired) electrons. The van der Waals surface area contributed by atoms with E-state index in [0.29, 0.717) is 11.5 Å². The van der Waals surface area contributed by atoms with Crippen LogP contribution in [0.25, 0.3) is 12.2 Å². The summed E-state index contributed by atoms with van der Waals surface area (Å²) >= 11 is 0. The first kappa shape index (κ1) is 16.1. The zero-order valence-electron chi connectivity index (χ0n) is 12.6. The molecule has 0 heterocycles. The Bertz CT molecular complexity index is 664. The monoisotopic (exact) mass is 314 g/mol. The van der Waals surface area contributed by atoms with E-state index in [1.54, 1.807) is 31.2 Å². The van der Waals surface area contributed by atoms with Crippen LogP contribution in [0, 0.1) is 0 Å². The molecule has 0 saturated heterocycles. The van der Waals surface area contributed by atoms with Crippen molar-refractivity contribution < 1.29 is 13.6 Å². The Morgan fingerprint density at radius 2 is 1.32 bits per heavy atom. The molecule has 0 N–H and O–H groups in total. The average molecular weight is 314 g/mol. The largest absolute Gasteiger partial charge is 0.430 e. The van der Waals surface area contributed by atoms with Crippen LogP contribution in [0.5, 0.6) is 11.5 Å². The van der Waals surface area contributed by atoms with Crippen LogP contribution in [-0.4, -0.2) is 6.16 Å². The van der Waals surface area contributed by atoms with Gasteiger partial charge in [-0.3, -0.25) is 0 Å². The van der Waals surface area contributed by atoms with Gasteiger partial charge < -0.3 is 9.05 Å². The molecule has 0 amide bonds. The van der Waals surface area contributed by atoms with E-state index in [4.69, 9.17) is 9.05 Å². The normalized spacial score (nSPS) is 10.8. The number of rotatable bonds is 7. The number of benzene rings is 2. The summed E-state index contributed by atoms with van der Waals surface area (Å²) in [6.45, 7) is 9.24. The van der Waals surface area contributed by atoms with Gasteiger partial charge >= 0.3 is 7.60 Å². The minimum atomic E-state index is -3.32. The fourth-order valence-electron chi connectivity index (χ4n) is 1.91. The number of para-hydroxylation sites is 2. The summed E-state index contributed by atoms with van der Waals surface area (Å²) in [6, 6.07) is 14.6. The maximum Gasteiger partial charge on any atom is 0.430 e. The van der Waals surface area contributed by atoms with Crippen molar-refractivity contribution in [1.82, 2.24) is 0 Å². The molecular formula is C18H19O3P. The van der Waals surface area contributed by atoms with Gasteiger partial charge in [0, 0.05) is 11.1 Å². The van der Waals surface area contributed by atoms with Gasteiger partial charge in [-0.1, -0.05) is 68.6 Å². The van der Waals surface area contributed by atoms with E-state index in [1.807, 2.05) is 36.4 Å². The third kappa shape index (κ3) is 3.69. The lowest BCUT2D eigenvalue weighted by molar-refractivity contribution is 0.387. The summed E-state index contributed by atoms with van der Waals surface area (Å²) in [5.41, 5.74) is 1.55. The Morgan fingerprint density at radius 3 is 1.68 bits per heavy atom. The molecule has 0 spiro atoms. The van der Waals surface area contributed by atoms with Crippen LogP contribution in [0.15, 0.2) is 61.7 Å². The van der Waals surface area contributed by atoms with Crippen molar-refractivity contribution in [2.45, 2.75) is 6.92 Å². The minimum Gasteiger partial charge on any atom is -0.415 e. The first-order valence-electron chi connectivity index (χ1n) is 7.03. The summed E-state index contributed by atoms with van der Waals surface area (Å²) in [4.78, 5) is 0. The summed E-state index contributed by atoms with van der Waals surface area (Å²) in [5.74, 6) is 0.998. The molecule has 3 nitrogen and oxygen atoms in total. The van der Waals surface area contributed by atoms with Crippen LogP contribution in [0.3, 0.4) is 0 Å². The zero-order valence-corrected chi connectivity index (χ0v) is 13.5. The fraction of sp³-hybridized carbons (Fsp3) is 0.111. The molecule has 0 atom stereocenters. The Morgan fingerprint density at radius 1 is 0.909 bits per heavy atom. The fourth-order valence-corrected chi connectivity index (χ4v) is 3.14. The van der Waals surface area contributed by atoms with E-state index in [-0.39, 0.29) is 6.16 Å². The van der Waals surface area contributed by atoms with Crippen LogP contribution >= 0.6 is 7.60 Å². The molecule has 2 aromatic rings. The first-order chi connectivity index (χ1) is 10.6. The maximum absolute atomic E-state index is 12.9. The van der Waals surface area contributed by atoms with Gasteiger partial charge in [0.25, 0.3) is 0 Å². The number of hydrogen-bond donors (Lipinski definition) is 0. The van der Waals surface area contributed by atoms with Gasteiger partial charge in [0.15, 0.2) is 0 Å². The van der Waals surface area contributed by atoms with Gasteiger partial charge in [0.1, 0.15) is 11.5 Å². The predicted octanol–water partition coefficient (Wildman–Crippen LogP) is 5.64. The molecule has 0 aliphatic rings. The molecule has 0 aliphatic heterocycles. The van der Waals surface area contributed by atoms with Crippen molar-refractivity contribution in [3.05, 3.63) is 72.8 Å². The molecule has 4 heteroatoms. The van der Waals surface area contributed by atoms with Crippen molar-refractivity contribution in [1.29, 1.82) is 0 Å². The second-order valence-electron chi connectivity index (χ2n) is 4.59. The van der Waals surface area contributed by atoms with E-state index in [1.165, 1.54) is 0 Å². The van der Waals surface area contributed by atoms with Crippen LogP contribution in [0.4, 0.5) is 0 Å². The standard InChI is InChI=1S/C18H19O3P/c1-4-15-11-7-9-13-17(15)20-22(19,6-3)21-18-14-10-8-12-16(18)5-2/h4-5,7-14H,1-2,6H2,3H3. The minimum absolute atomic E-state index is 0.254. The van der Waals surface area contributed by atoms with Gasteiger partial charge in [0.05, 0.1) is 6.16 Å². The van der Waals surface area contributed by atoms with Gasteiger partial charge in [-0.15, -0.1) is 0 Å². The second kappa shape index (κ2) is 7.15. The van der Waals surface area contributed by atoms with Crippen molar-refractivity contribution in [2.24, 2.45) is 0 Å². The highest BCUT2D eigenvalue weighted by Gasteiger charge is 2.27. The smallest absolute Gasteiger partial charge is 0.415 e. The van der Waals surface area contributed by atoms with Crippen molar-refractivity contribution in [3.63, 3.8) is 0 Å². The second-order valence-corrected chi connectivity index (χ2v) is 6.81. The SMILES string of the molecule is C=Cc1ccccc1OP(=O)(CC)Oc1ccccc1C=C. The maximum atomic E-state index is 12.9. The van der Waals surface area contributed by atoms with E-state index >= 15 is 0 Å². The van der Waals surface area contributed by atoms with E-state index in [2.05, 4.69) is 13.2 Å². The van der Waals surface area contributed by atoms with Crippen LogP contribution < -0.4 is 9.05 Å². The van der Waals surface area contributed by atoms with Gasteiger partial charge in [-0.05, 0) is 12.1 Å². The Balaban J connectivity index is 2.31. The van der Waals surface area contributed by atoms with Crippen LogP contribution in [-0.2, 0) is 4.57 Å². The topological polar surface area (TPSA) is 35.5 Å². The third-order valence-corrected chi connectivity index (χ3v) is 4.86. The van der Waals surface area contributed by atoms with Gasteiger partial charge in [-0.2, -0.15) is 0 Å². The number of hydrogen-bond acceptors (Lipinski definition) is 3. The molecule has 0 saturated carbocycles. The van der Waals surface area contributed by atoms with Crippen molar-refractivity contribution in [3.8, 4) is 11.5 Å². The van der Waals surface area contributed by atoms with Gasteiger partial charge in [-0.25, -0.2) is 4.57 Å². The first-order valence-corrected chi connectivity index (χ1v) is 8.76. The van der Waals surface area contributed by atoms with Crippen LogP contribution in [0.1, 0.15) is 18.1 Å². The van der Waals surface area contributed by atoms with Gasteiger partial charge in [0.2, 0.25) is 0 Å². The van der Waals surface area contributed by atoms with Crippen LogP contribution in [0.2, 0.25) is 0 Å². The zero-order chi connectivity index (χ0) is 16.0. The average Bonchev–Trinajstić information content (AvgIpc) is 2.56. The summed E-state index contributed by atoms with van der Waals surface area (Å²) in [5, 5.41) is 0. The highest BCUT2D eigenvalue weighted by Crippen LogP contribution is 2.49. The molecule has 0 fully saturated rings. The summed E-state index contributed by atoms with van der Waals surface area (Å²) in [6.07, 6.45) is 3.57. The van der Waals surface area contributed by atoms with E-state index in [9.17, 15) is 4.57 Å². The molecular weight excluding hydrogens is 295 g/mol. The predicted molar refractivity (Wildman–Crippen MR) is 92.5 cm³/mol. The molecule has 0 aromatic heterocycles. The van der Waals surface area contributed by atoms with E-state index in [0.717, 1.165) is 11.1 Å². The molecule has 2 rings (SSSR count). The third-order valence-electron chi connectivity index (χ3n) is 3.14. The summed E-state index contributed by atoms with van der Waals surface area (Å²) < 4.78 is 24.4. The van der Waals surface area contributed by atoms with E-state index < -0.39 is 7.60 Å². The molecule has 0 unspecified atom stereocenters. The lowest BCUT2D eigenvalue weighted by atomic mass is 10.2. The highest BCUT2D eigenvalue weighted by atomic mass is 31.2. The Hall–Kier alpha value is -2.25. The highest BCUT2D eigenvalue weighted by molar-refractivity contribution is 7.54. The van der Waals surface area contributed by atoms with Crippen molar-refractivity contribution >= 4 is 19.7 Å². The summed E-state index contributed by atoms with van der Waals surface area (Å²) in [7, 11) is -3.32. The molecule has 114 valence electrons. The lowest BCUT2D eigenvalue weighted by Gasteiger charge is -2.20. The lowest BCUT2D eigenvalue weighted by Crippen LogP contribution is -2.04. The molecule has 0 aliphatic carbocycles. The molecule has 2 aromatic carbocycles. The molecule has 22 heavy (non-hydrogen) atoms. The Kier molecular flexibility index (Phi) is 5.24. The van der Waals surface area contributed by atoms with Crippen molar-refractivity contribution in [2.75, 3.05) is 6.16 Å².